The van der Waals surface area contributed by atoms with Crippen LogP contribution in [0.15, 0.2) is 81.1 Å². The minimum Gasteiger partial charge on any atom is -0.439 e. The van der Waals surface area contributed by atoms with Crippen LogP contribution in [0.1, 0.15) is 49.1 Å². The Balaban J connectivity index is 1.41. The molecule has 1 aliphatic heterocycles. The predicted octanol–water partition coefficient (Wildman–Crippen LogP) is 6.25. The molecular weight excluding hydrogens is 640 g/mol. The van der Waals surface area contributed by atoms with Crippen LogP contribution in [0.25, 0.3) is 17.2 Å². The summed E-state index contributed by atoms with van der Waals surface area (Å²) in [5, 5.41) is 0.614. The van der Waals surface area contributed by atoms with Crippen LogP contribution < -0.4 is 14.2 Å². The first-order valence-corrected chi connectivity index (χ1v) is 18.2. The van der Waals surface area contributed by atoms with Crippen molar-refractivity contribution in [1.82, 2.24) is 0 Å². The first-order chi connectivity index (χ1) is 21.3. The number of hydrogen-bond donors (Lipinski definition) is 2. The number of benzene rings is 2. The molecule has 45 heavy (non-hydrogen) atoms. The summed E-state index contributed by atoms with van der Waals surface area (Å²) in [6.45, 7) is 4.61. The maximum atomic E-state index is 11.3. The third kappa shape index (κ3) is 8.44. The predicted molar refractivity (Wildman–Crippen MR) is 174 cm³/mol. The zero-order valence-electron chi connectivity index (χ0n) is 25.1. The Hall–Kier alpha value is -3.42. The molecule has 0 spiro atoms. The van der Waals surface area contributed by atoms with Gasteiger partial charge in [0.25, 0.3) is 25.8 Å². The molecule has 2 N–H and O–H groups in total. The van der Waals surface area contributed by atoms with Crippen molar-refractivity contribution in [1.29, 1.82) is 0 Å². The summed E-state index contributed by atoms with van der Waals surface area (Å²) >= 11 is 6.90. The molecule has 0 saturated heterocycles. The summed E-state index contributed by atoms with van der Waals surface area (Å²) in [6.07, 6.45) is 10.3. The van der Waals surface area contributed by atoms with Crippen molar-refractivity contribution in [2.24, 2.45) is 0 Å². The minimum absolute atomic E-state index is 0.219. The second kappa shape index (κ2) is 13.5. The number of anilines is 1. The van der Waals surface area contributed by atoms with Crippen LogP contribution >= 0.6 is 11.6 Å². The van der Waals surface area contributed by atoms with E-state index >= 15 is 0 Å². The van der Waals surface area contributed by atoms with Crippen LogP contribution in [-0.4, -0.2) is 44.0 Å². The average Bonchev–Trinajstić information content (AvgIpc) is 3.47. The molecule has 0 saturated carbocycles. The van der Waals surface area contributed by atoms with E-state index < -0.39 is 20.2 Å². The Morgan fingerprint density at radius 2 is 1.64 bits per heavy atom. The lowest BCUT2D eigenvalue weighted by Crippen LogP contribution is -2.36. The summed E-state index contributed by atoms with van der Waals surface area (Å²) in [6, 6.07) is 11.6. The molecule has 0 amide bonds. The molecule has 5 rings (SSSR count). The molecule has 0 atom stereocenters. The van der Waals surface area contributed by atoms with E-state index in [2.05, 4.69) is 0 Å². The Bertz CT molecular complexity index is 1960. The highest BCUT2D eigenvalue weighted by atomic mass is 35.5. The number of allylic oxidation sites excluding steroid dienone is 6. The summed E-state index contributed by atoms with van der Waals surface area (Å²) in [5.74, 6) is 1.03. The van der Waals surface area contributed by atoms with Gasteiger partial charge < -0.3 is 14.1 Å². The van der Waals surface area contributed by atoms with E-state index in [1.54, 1.807) is 0 Å². The fourth-order valence-electron chi connectivity index (χ4n) is 5.49. The van der Waals surface area contributed by atoms with E-state index in [1.807, 2.05) is 84.0 Å². The SMILES string of the molecule is Cc1ccc2c(c1)N(CCCS(=O)(=O)O)C(=CC=C1CCCC(C=Cc3oc4ccc(C)cc4[n+]3CCCS(=O)(=O)O)=C1Cl)O2. The zero-order valence-corrected chi connectivity index (χ0v) is 27.5. The number of nitrogens with zero attached hydrogens (tertiary/aromatic N) is 2. The molecule has 240 valence electrons. The largest absolute Gasteiger partial charge is 0.439 e. The number of fused-ring (bicyclic) bond motifs is 2. The summed E-state index contributed by atoms with van der Waals surface area (Å²) in [4.78, 5) is 1.90. The Morgan fingerprint density at radius 1 is 0.933 bits per heavy atom. The zero-order chi connectivity index (χ0) is 32.4. The number of oxazole rings is 1. The third-order valence-electron chi connectivity index (χ3n) is 7.65. The molecule has 3 aromatic rings. The van der Waals surface area contributed by atoms with Gasteiger partial charge in [0, 0.05) is 24.1 Å². The maximum absolute atomic E-state index is 11.3. The van der Waals surface area contributed by atoms with Crippen LogP contribution in [0.4, 0.5) is 5.69 Å². The molecule has 2 aliphatic rings. The smallest absolute Gasteiger partial charge is 0.374 e. The summed E-state index contributed by atoms with van der Waals surface area (Å²) in [7, 11) is -8.16. The second-order valence-corrected chi connectivity index (χ2v) is 14.8. The Morgan fingerprint density at radius 3 is 2.40 bits per heavy atom. The van der Waals surface area contributed by atoms with E-state index in [0.717, 1.165) is 52.7 Å². The fourth-order valence-corrected chi connectivity index (χ4v) is 6.80. The maximum Gasteiger partial charge on any atom is 0.374 e. The molecule has 0 fully saturated rings. The number of aryl methyl sites for hydroxylation is 3. The van der Waals surface area contributed by atoms with Crippen molar-refractivity contribution in [3.8, 4) is 5.75 Å². The van der Waals surface area contributed by atoms with Crippen molar-refractivity contribution in [2.75, 3.05) is 23.0 Å². The van der Waals surface area contributed by atoms with Gasteiger partial charge in [-0.15, -0.1) is 0 Å². The molecule has 0 bridgehead atoms. The molecule has 1 aromatic heterocycles. The van der Waals surface area contributed by atoms with Gasteiger partial charge in [0.05, 0.1) is 23.3 Å². The van der Waals surface area contributed by atoms with Gasteiger partial charge >= 0.3 is 5.89 Å². The van der Waals surface area contributed by atoms with Gasteiger partial charge in [-0.3, -0.25) is 9.11 Å². The van der Waals surface area contributed by atoms with E-state index in [9.17, 15) is 25.9 Å². The first-order valence-electron chi connectivity index (χ1n) is 14.6. The monoisotopic (exact) mass is 675 g/mol. The number of ether oxygens (including phenoxy) is 1. The average molecular weight is 676 g/mol. The van der Waals surface area contributed by atoms with Gasteiger partial charge in [0.1, 0.15) is 0 Å². The first kappa shape index (κ1) is 33.0. The van der Waals surface area contributed by atoms with Gasteiger partial charge in [0.15, 0.2) is 12.3 Å². The van der Waals surface area contributed by atoms with Crippen LogP contribution in [0, 0.1) is 13.8 Å². The van der Waals surface area contributed by atoms with Crippen LogP contribution in [0.3, 0.4) is 0 Å². The molecule has 2 aromatic carbocycles. The highest BCUT2D eigenvalue weighted by Crippen LogP contribution is 2.40. The molecule has 2 heterocycles. The van der Waals surface area contributed by atoms with Crippen molar-refractivity contribution in [2.45, 2.75) is 52.5 Å². The Labute approximate surface area is 268 Å². The quantitative estimate of drug-likeness (QED) is 0.178. The number of rotatable bonds is 11. The molecule has 10 nitrogen and oxygen atoms in total. The third-order valence-corrected chi connectivity index (χ3v) is 9.74. The second-order valence-electron chi connectivity index (χ2n) is 11.3. The van der Waals surface area contributed by atoms with Gasteiger partial charge in [-0.1, -0.05) is 29.8 Å². The Kier molecular flexibility index (Phi) is 9.90. The number of hydrogen-bond acceptors (Lipinski definition) is 7. The van der Waals surface area contributed by atoms with Gasteiger partial charge in [-0.25, -0.2) is 0 Å². The lowest BCUT2D eigenvalue weighted by Gasteiger charge is -2.19. The van der Waals surface area contributed by atoms with Crippen molar-refractivity contribution >= 4 is 54.7 Å². The van der Waals surface area contributed by atoms with E-state index in [1.165, 1.54) is 0 Å². The van der Waals surface area contributed by atoms with Crippen LogP contribution in [-0.2, 0) is 26.8 Å². The molecule has 13 heteroatoms. The lowest BCUT2D eigenvalue weighted by atomic mass is 9.94. The normalized spacial score (nSPS) is 17.7. The minimum atomic E-state index is -4.08. The van der Waals surface area contributed by atoms with Crippen LogP contribution in [0.2, 0.25) is 0 Å². The fraction of sp³-hybridized carbons (Fsp3) is 0.344. The van der Waals surface area contributed by atoms with Gasteiger partial charge in [-0.2, -0.15) is 21.4 Å². The van der Waals surface area contributed by atoms with E-state index in [0.29, 0.717) is 41.2 Å². The molecule has 1 aliphatic carbocycles. The highest BCUT2D eigenvalue weighted by molar-refractivity contribution is 7.86. The molecule has 0 unspecified atom stereocenters. The van der Waals surface area contributed by atoms with Crippen molar-refractivity contribution in [3.05, 3.63) is 93.7 Å². The van der Waals surface area contributed by atoms with Crippen LogP contribution in [0.5, 0.6) is 5.75 Å². The number of aromatic nitrogens is 1. The van der Waals surface area contributed by atoms with Gasteiger partial charge in [0.2, 0.25) is 11.5 Å². The highest BCUT2D eigenvalue weighted by Gasteiger charge is 2.27. The summed E-state index contributed by atoms with van der Waals surface area (Å²) in [5.41, 5.74) is 6.23. The van der Waals surface area contributed by atoms with Crippen molar-refractivity contribution in [3.63, 3.8) is 0 Å². The lowest BCUT2D eigenvalue weighted by molar-refractivity contribution is -0.677. The van der Waals surface area contributed by atoms with E-state index in [-0.39, 0.29) is 24.3 Å². The van der Waals surface area contributed by atoms with E-state index in [4.69, 9.17) is 20.8 Å². The molecule has 0 radical (unpaired) electrons. The summed E-state index contributed by atoms with van der Waals surface area (Å²) < 4.78 is 77.8. The molecular formula is C32H36ClN2O8S2+. The number of halogens is 1. The van der Waals surface area contributed by atoms with Crippen molar-refractivity contribution < 1.29 is 39.7 Å². The standard InChI is InChI=1S/C32H35ClN2O8S2/c1-22-8-12-28-26(20-22)34(16-4-18-44(36,37)38)30(42-28)14-10-24-6-3-7-25(32(24)33)11-15-31-35(17-5-19-45(39,40)41)27-21-23(2)9-13-29(27)43-31/h8-15,20-21H,3-7,16-19H2,1-2H3,(H-,36,37,38,39,40,41)/p+1. The topological polar surface area (TPSA) is 138 Å². The van der Waals surface area contributed by atoms with Gasteiger partial charge in [-0.05, 0) is 92.2 Å².